The van der Waals surface area contributed by atoms with Gasteiger partial charge in [0.2, 0.25) is 0 Å². The molecule has 30 heavy (non-hydrogen) atoms. The van der Waals surface area contributed by atoms with Crippen LogP contribution in [0.1, 0.15) is 73.5 Å². The molecule has 0 atom stereocenters. The van der Waals surface area contributed by atoms with Crippen molar-refractivity contribution in [3.63, 3.8) is 0 Å². The fraction of sp³-hybridized carbons (Fsp3) is 0.417. The molecule has 0 aliphatic heterocycles. The van der Waals surface area contributed by atoms with Crippen LogP contribution in [0.2, 0.25) is 0 Å². The number of carbonyl (C=O) groups is 1. The summed E-state index contributed by atoms with van der Waals surface area (Å²) < 4.78 is 2.05. The van der Waals surface area contributed by atoms with Gasteiger partial charge in [-0.1, -0.05) is 57.4 Å². The first-order valence-corrected chi connectivity index (χ1v) is 10.8. The molecule has 0 saturated heterocycles. The molecular weight excluding hydrogens is 376 g/mol. The highest BCUT2D eigenvalue weighted by Gasteiger charge is 2.13. The lowest BCUT2D eigenvalue weighted by Gasteiger charge is -2.08. The van der Waals surface area contributed by atoms with E-state index in [-0.39, 0.29) is 5.56 Å². The quantitative estimate of drug-likeness (QED) is 0.445. The average molecular weight is 407 g/mol. The monoisotopic (exact) mass is 406 g/mol. The van der Waals surface area contributed by atoms with Crippen molar-refractivity contribution in [2.24, 2.45) is 0 Å². The second-order valence-electron chi connectivity index (χ2n) is 7.56. The average Bonchev–Trinajstić information content (AvgIpc) is 3.14. The van der Waals surface area contributed by atoms with Crippen molar-refractivity contribution in [1.82, 2.24) is 19.7 Å². The molecule has 0 radical (unpaired) electrons. The summed E-state index contributed by atoms with van der Waals surface area (Å²) in [5.74, 6) is 0.942. The molecular formula is C24H30N4O2. The number of nitrogens with zero attached hydrogens (tertiary/aromatic N) is 4. The molecule has 0 unspecified atom stereocenters. The fourth-order valence-electron chi connectivity index (χ4n) is 3.45. The maximum absolute atomic E-state index is 11.5. The zero-order chi connectivity index (χ0) is 21.3. The van der Waals surface area contributed by atoms with Crippen molar-refractivity contribution < 1.29 is 9.90 Å². The Kier molecular flexibility index (Phi) is 7.71. The van der Waals surface area contributed by atoms with E-state index in [0.29, 0.717) is 17.7 Å². The van der Waals surface area contributed by atoms with Crippen LogP contribution in [-0.2, 0) is 19.4 Å². The summed E-state index contributed by atoms with van der Waals surface area (Å²) >= 11 is 0. The maximum atomic E-state index is 11.5. The van der Waals surface area contributed by atoms with Crippen LogP contribution in [-0.4, -0.2) is 30.8 Å². The number of hydrogen-bond donors (Lipinski definition) is 1. The van der Waals surface area contributed by atoms with E-state index < -0.39 is 5.97 Å². The molecule has 3 rings (SSSR count). The molecule has 6 heteroatoms. The van der Waals surface area contributed by atoms with E-state index in [0.717, 1.165) is 49.4 Å². The molecule has 0 saturated carbocycles. The lowest BCUT2D eigenvalue weighted by molar-refractivity contribution is 0.0697. The minimum Gasteiger partial charge on any atom is -0.478 e. The number of rotatable bonds is 11. The van der Waals surface area contributed by atoms with Crippen LogP contribution in [0.3, 0.4) is 0 Å². The molecule has 0 fully saturated rings. The van der Waals surface area contributed by atoms with E-state index in [1.807, 2.05) is 29.1 Å². The van der Waals surface area contributed by atoms with Gasteiger partial charge >= 0.3 is 5.97 Å². The van der Waals surface area contributed by atoms with Gasteiger partial charge in [-0.15, -0.1) is 0 Å². The summed E-state index contributed by atoms with van der Waals surface area (Å²) in [7, 11) is 0. The van der Waals surface area contributed by atoms with E-state index >= 15 is 0 Å². The van der Waals surface area contributed by atoms with E-state index in [2.05, 4.69) is 18.8 Å². The van der Waals surface area contributed by atoms with E-state index in [4.69, 9.17) is 10.1 Å². The Morgan fingerprint density at radius 1 is 1.03 bits per heavy atom. The first kappa shape index (κ1) is 21.7. The van der Waals surface area contributed by atoms with Crippen LogP contribution in [0.25, 0.3) is 11.3 Å². The van der Waals surface area contributed by atoms with Crippen molar-refractivity contribution in [3.05, 3.63) is 65.4 Å². The largest absolute Gasteiger partial charge is 0.478 e. The van der Waals surface area contributed by atoms with Crippen LogP contribution in [0.4, 0.5) is 0 Å². The number of aryl methyl sites for hydroxylation is 2. The maximum Gasteiger partial charge on any atom is 0.336 e. The van der Waals surface area contributed by atoms with E-state index in [1.54, 1.807) is 18.2 Å². The standard InChI is InChI=1S/C24H30N4O2/c1-3-5-9-15-28-23(26-22(27-28)12-6-4-2)16-18-13-14-21(25-17-18)19-10-7-8-11-20(19)24(29)30/h7-8,10-11,13-14,17H,3-6,9,12,15-16H2,1-2H3,(H,29,30). The molecule has 1 N–H and O–H groups in total. The van der Waals surface area contributed by atoms with Gasteiger partial charge < -0.3 is 5.11 Å². The van der Waals surface area contributed by atoms with Gasteiger partial charge in [0.05, 0.1) is 11.3 Å². The molecule has 0 aliphatic carbocycles. The number of carboxylic acids is 1. The Labute approximate surface area is 178 Å². The van der Waals surface area contributed by atoms with Gasteiger partial charge in [-0.05, 0) is 30.5 Å². The lowest BCUT2D eigenvalue weighted by Crippen LogP contribution is -2.07. The molecule has 6 nitrogen and oxygen atoms in total. The molecule has 2 aromatic heterocycles. The summed E-state index contributed by atoms with van der Waals surface area (Å²) in [4.78, 5) is 20.8. The number of carboxylic acid groups (broad SMARTS) is 1. The van der Waals surface area contributed by atoms with Gasteiger partial charge in [-0.25, -0.2) is 14.5 Å². The second kappa shape index (κ2) is 10.7. The van der Waals surface area contributed by atoms with Gasteiger partial charge in [0.25, 0.3) is 0 Å². The predicted molar refractivity (Wildman–Crippen MR) is 118 cm³/mol. The fourth-order valence-corrected chi connectivity index (χ4v) is 3.45. The van der Waals surface area contributed by atoms with Crippen molar-refractivity contribution in [2.45, 2.75) is 65.3 Å². The smallest absolute Gasteiger partial charge is 0.336 e. The predicted octanol–water partition coefficient (Wildman–Crippen LogP) is 5.16. The third-order valence-corrected chi connectivity index (χ3v) is 5.14. The Hall–Kier alpha value is -3.02. The van der Waals surface area contributed by atoms with Crippen molar-refractivity contribution in [1.29, 1.82) is 0 Å². The van der Waals surface area contributed by atoms with Crippen LogP contribution in [0, 0.1) is 0 Å². The Balaban J connectivity index is 1.79. The highest BCUT2D eigenvalue weighted by Crippen LogP contribution is 2.22. The normalized spacial score (nSPS) is 11.0. The molecule has 0 bridgehead atoms. The van der Waals surface area contributed by atoms with E-state index in [1.165, 1.54) is 12.8 Å². The van der Waals surface area contributed by atoms with Crippen LogP contribution in [0.5, 0.6) is 0 Å². The number of aromatic nitrogens is 4. The first-order chi connectivity index (χ1) is 14.6. The zero-order valence-corrected chi connectivity index (χ0v) is 17.8. The summed E-state index contributed by atoms with van der Waals surface area (Å²) in [5.41, 5.74) is 2.58. The molecule has 0 amide bonds. The molecule has 3 aromatic rings. The number of aromatic carboxylic acids is 1. The summed E-state index contributed by atoms with van der Waals surface area (Å²) in [5, 5.41) is 14.1. The Morgan fingerprint density at radius 2 is 1.83 bits per heavy atom. The van der Waals surface area contributed by atoms with Gasteiger partial charge in [0, 0.05) is 31.1 Å². The minimum atomic E-state index is -0.948. The van der Waals surface area contributed by atoms with Crippen LogP contribution in [0.15, 0.2) is 42.6 Å². The van der Waals surface area contributed by atoms with Gasteiger partial charge in [-0.2, -0.15) is 5.10 Å². The van der Waals surface area contributed by atoms with Gasteiger partial charge in [0.15, 0.2) is 5.82 Å². The number of benzene rings is 1. The summed E-state index contributed by atoms with van der Waals surface area (Å²) in [6, 6.07) is 10.8. The molecule has 2 heterocycles. The Bertz CT molecular complexity index is 964. The number of unbranched alkanes of at least 4 members (excludes halogenated alkanes) is 3. The highest BCUT2D eigenvalue weighted by molar-refractivity contribution is 5.95. The van der Waals surface area contributed by atoms with Gasteiger partial charge in [0.1, 0.15) is 5.82 Å². The Morgan fingerprint density at radius 3 is 2.53 bits per heavy atom. The van der Waals surface area contributed by atoms with Gasteiger partial charge in [-0.3, -0.25) is 4.98 Å². The van der Waals surface area contributed by atoms with Crippen molar-refractivity contribution in [2.75, 3.05) is 0 Å². The van der Waals surface area contributed by atoms with Crippen LogP contribution >= 0.6 is 0 Å². The third-order valence-electron chi connectivity index (χ3n) is 5.14. The topological polar surface area (TPSA) is 80.9 Å². The van der Waals surface area contributed by atoms with Crippen molar-refractivity contribution >= 4 is 5.97 Å². The van der Waals surface area contributed by atoms with Crippen LogP contribution < -0.4 is 0 Å². The molecule has 1 aromatic carbocycles. The molecule has 158 valence electrons. The van der Waals surface area contributed by atoms with Crippen molar-refractivity contribution in [3.8, 4) is 11.3 Å². The first-order valence-electron chi connectivity index (χ1n) is 10.8. The third kappa shape index (κ3) is 5.53. The van der Waals surface area contributed by atoms with E-state index in [9.17, 15) is 9.90 Å². The minimum absolute atomic E-state index is 0.258. The number of hydrogen-bond acceptors (Lipinski definition) is 4. The highest BCUT2D eigenvalue weighted by atomic mass is 16.4. The zero-order valence-electron chi connectivity index (χ0n) is 17.8. The second-order valence-corrected chi connectivity index (χ2v) is 7.56. The molecule has 0 aliphatic rings. The summed E-state index contributed by atoms with van der Waals surface area (Å²) in [6.45, 7) is 5.26. The SMILES string of the molecule is CCCCCn1nc(CCCC)nc1Cc1ccc(-c2ccccc2C(=O)O)nc1. The number of pyridine rings is 1. The summed E-state index contributed by atoms with van der Waals surface area (Å²) in [6.07, 6.45) is 9.07. The molecule has 0 spiro atoms. The lowest BCUT2D eigenvalue weighted by atomic mass is 10.0.